The van der Waals surface area contributed by atoms with Gasteiger partial charge in [0, 0.05) is 60.2 Å². The third-order valence-corrected chi connectivity index (χ3v) is 13.1. The highest BCUT2D eigenvalue weighted by atomic mass is 16.4. The van der Waals surface area contributed by atoms with Crippen molar-refractivity contribution in [3.63, 3.8) is 0 Å². The minimum absolute atomic E-state index is 0.00608. The van der Waals surface area contributed by atoms with Crippen LogP contribution in [0.15, 0.2) is 30.3 Å². The molecular formula is C55H91N9O16. The van der Waals surface area contributed by atoms with E-state index in [0.29, 0.717) is 5.56 Å². The SMILES string of the molecule is CC(C)CNC(=O)C(C)(CC(C)(C)C(=O)NCC(C)O)CC(C)(CC(C)(CC(C)C(=O)NCC(C)O)C(=O)NCC(C)O)C(=O)NCC(=O)N[C@@H](Cc1ccccc1)C(=O)N[C@@H](CC(C)C)C(=O)NCC(=O)NC(C(=O)O)C(=O)O. The highest BCUT2D eigenvalue weighted by molar-refractivity contribution is 6.02. The molecule has 25 nitrogen and oxygen atoms in total. The van der Waals surface area contributed by atoms with Gasteiger partial charge in [0.05, 0.1) is 31.4 Å². The van der Waals surface area contributed by atoms with Crippen LogP contribution in [0.1, 0.15) is 128 Å². The maximum absolute atomic E-state index is 15.2. The van der Waals surface area contributed by atoms with E-state index in [4.69, 9.17) is 10.2 Å². The summed E-state index contributed by atoms with van der Waals surface area (Å²) >= 11 is 0. The first-order valence-electron chi connectivity index (χ1n) is 27.0. The Morgan fingerprint density at radius 2 is 0.912 bits per heavy atom. The number of aliphatic hydroxyl groups is 3. The first-order chi connectivity index (χ1) is 36.9. The second kappa shape index (κ2) is 32.5. The minimum atomic E-state index is -2.30. The van der Waals surface area contributed by atoms with Gasteiger partial charge in [0.25, 0.3) is 0 Å². The largest absolute Gasteiger partial charge is 0.479 e. The highest BCUT2D eigenvalue weighted by Gasteiger charge is 2.52. The van der Waals surface area contributed by atoms with E-state index in [0.717, 1.165) is 0 Å². The summed E-state index contributed by atoms with van der Waals surface area (Å²) in [4.78, 5) is 148. The summed E-state index contributed by atoms with van der Waals surface area (Å²) in [7, 11) is 0. The van der Waals surface area contributed by atoms with Gasteiger partial charge in [-0.25, -0.2) is 9.59 Å². The monoisotopic (exact) mass is 1130 g/mol. The molecule has 0 spiro atoms. The number of benzene rings is 1. The number of aliphatic hydroxyl groups excluding tert-OH is 3. The number of carbonyl (C=O) groups is 11. The molecule has 0 aliphatic carbocycles. The lowest BCUT2D eigenvalue weighted by atomic mass is 9.60. The molecule has 80 heavy (non-hydrogen) atoms. The number of amides is 9. The quantitative estimate of drug-likeness (QED) is 0.0382. The summed E-state index contributed by atoms with van der Waals surface area (Å²) in [5.41, 5.74) is -5.84. The van der Waals surface area contributed by atoms with Crippen LogP contribution in [0.25, 0.3) is 0 Å². The van der Waals surface area contributed by atoms with Crippen LogP contribution in [-0.2, 0) is 59.2 Å². The van der Waals surface area contributed by atoms with Gasteiger partial charge in [0.2, 0.25) is 59.2 Å². The van der Waals surface area contributed by atoms with Crippen molar-refractivity contribution in [3.8, 4) is 0 Å². The Hall–Kier alpha value is -6.73. The zero-order chi connectivity index (χ0) is 61.5. The summed E-state index contributed by atoms with van der Waals surface area (Å²) in [6, 6.07) is 3.41. The van der Waals surface area contributed by atoms with Crippen molar-refractivity contribution < 1.29 is 78.3 Å². The van der Waals surface area contributed by atoms with E-state index in [1.54, 1.807) is 77.2 Å². The Bertz CT molecular complexity index is 2280. The molecule has 0 aliphatic heterocycles. The van der Waals surface area contributed by atoms with Gasteiger partial charge in [0.1, 0.15) is 12.1 Å². The topological polar surface area (TPSA) is 397 Å². The van der Waals surface area contributed by atoms with Crippen molar-refractivity contribution >= 4 is 65.1 Å². The number of rotatable bonds is 36. The number of carboxylic acid groups (broad SMARTS) is 2. The molecule has 25 heteroatoms. The second-order valence-electron chi connectivity index (χ2n) is 23.6. The van der Waals surface area contributed by atoms with Crippen molar-refractivity contribution in [1.82, 2.24) is 47.9 Å². The Balaban J connectivity index is 3.95. The van der Waals surface area contributed by atoms with Gasteiger partial charge in [-0.3, -0.25) is 43.2 Å². The molecule has 14 N–H and O–H groups in total. The zero-order valence-corrected chi connectivity index (χ0v) is 48.8. The lowest BCUT2D eigenvalue weighted by molar-refractivity contribution is -0.153. The van der Waals surface area contributed by atoms with Crippen molar-refractivity contribution in [2.45, 2.75) is 165 Å². The fourth-order valence-electron chi connectivity index (χ4n) is 9.49. The maximum atomic E-state index is 15.2. The van der Waals surface area contributed by atoms with Crippen LogP contribution >= 0.6 is 0 Å². The number of carbonyl (C=O) groups excluding carboxylic acids is 9. The molecular weight excluding hydrogens is 1040 g/mol. The number of nitrogens with one attached hydrogen (secondary N) is 9. The molecule has 7 unspecified atom stereocenters. The average molecular weight is 1130 g/mol. The summed E-state index contributed by atoms with van der Waals surface area (Å²) in [6.45, 7) is 19.1. The first-order valence-corrected chi connectivity index (χ1v) is 27.0. The normalized spacial score (nSPS) is 16.1. The third-order valence-electron chi connectivity index (χ3n) is 13.1. The van der Waals surface area contributed by atoms with E-state index >= 15 is 4.79 Å². The van der Waals surface area contributed by atoms with Crippen molar-refractivity contribution in [2.24, 2.45) is 39.4 Å². The van der Waals surface area contributed by atoms with Crippen LogP contribution in [0.4, 0.5) is 0 Å². The van der Waals surface area contributed by atoms with E-state index in [1.165, 1.54) is 34.6 Å². The fourth-order valence-corrected chi connectivity index (χ4v) is 9.49. The van der Waals surface area contributed by atoms with Gasteiger partial charge in [-0.2, -0.15) is 0 Å². The summed E-state index contributed by atoms with van der Waals surface area (Å²) in [5.74, 6) is -11.8. The van der Waals surface area contributed by atoms with Gasteiger partial charge in [-0.15, -0.1) is 0 Å². The maximum Gasteiger partial charge on any atom is 0.338 e. The molecule has 0 bridgehead atoms. The molecule has 0 aromatic heterocycles. The van der Waals surface area contributed by atoms with Crippen LogP contribution in [0, 0.1) is 39.4 Å². The van der Waals surface area contributed by atoms with Gasteiger partial charge >= 0.3 is 11.9 Å². The average Bonchev–Trinajstić information content (AvgIpc) is 3.34. The lowest BCUT2D eigenvalue weighted by Gasteiger charge is -2.44. The van der Waals surface area contributed by atoms with Gasteiger partial charge in [-0.05, 0) is 70.3 Å². The molecule has 9 amide bonds. The van der Waals surface area contributed by atoms with Crippen LogP contribution in [0.3, 0.4) is 0 Å². The number of hydrogen-bond donors (Lipinski definition) is 14. The molecule has 1 aromatic rings. The summed E-state index contributed by atoms with van der Waals surface area (Å²) in [6.07, 6.45) is -4.09. The third kappa shape index (κ3) is 25.2. The van der Waals surface area contributed by atoms with Crippen molar-refractivity contribution in [1.29, 1.82) is 0 Å². The van der Waals surface area contributed by atoms with E-state index < -0.39 is 149 Å². The van der Waals surface area contributed by atoms with Crippen molar-refractivity contribution in [2.75, 3.05) is 39.3 Å². The van der Waals surface area contributed by atoms with Crippen LogP contribution < -0.4 is 47.9 Å². The van der Waals surface area contributed by atoms with E-state index in [-0.39, 0.29) is 70.1 Å². The van der Waals surface area contributed by atoms with Crippen molar-refractivity contribution in [3.05, 3.63) is 35.9 Å². The Morgan fingerprint density at radius 1 is 0.463 bits per heavy atom. The Kier molecular flexibility index (Phi) is 29.0. The first kappa shape index (κ1) is 71.3. The predicted molar refractivity (Wildman–Crippen MR) is 294 cm³/mol. The zero-order valence-electron chi connectivity index (χ0n) is 48.8. The standard InChI is InChI=1S/C55H91N9O16/c1-31(2)19-38(44(71)57-26-41(69)64-42(46(73)74)47(75)76)63-45(72)39(20-37-17-15-14-16-18-37)62-40(68)27-61-51(80)55(13,29-53(11,49(78)60-25-36(8)67)21-33(5)43(70)56-23-34(6)65)30-54(12,50(79)58-22-32(3)4)28-52(9,10)48(77)59-24-35(7)66/h14-18,31-36,38-39,42,65-67H,19-30H2,1-13H3,(H,56,70)(H,57,71)(H,58,79)(H,59,77)(H,60,78)(H,61,80)(H,62,68)(H,63,72)(H,64,69)(H,73,74)(H,75,76)/t33?,34?,35?,36?,38-,39-,53?,54?,55?/m0/s1. The van der Waals surface area contributed by atoms with Gasteiger partial charge in [0.15, 0.2) is 0 Å². The van der Waals surface area contributed by atoms with Crippen LogP contribution in [0.2, 0.25) is 0 Å². The molecule has 0 heterocycles. The molecule has 1 rings (SSSR count). The minimum Gasteiger partial charge on any atom is -0.479 e. The summed E-state index contributed by atoms with van der Waals surface area (Å²) in [5, 5.41) is 71.3. The smallest absolute Gasteiger partial charge is 0.338 e. The second-order valence-corrected chi connectivity index (χ2v) is 23.6. The highest BCUT2D eigenvalue weighted by Crippen LogP contribution is 2.49. The molecule has 0 aliphatic rings. The Morgan fingerprint density at radius 3 is 1.43 bits per heavy atom. The fraction of sp³-hybridized carbons (Fsp3) is 0.691. The number of hydrogen-bond acceptors (Lipinski definition) is 14. The van der Waals surface area contributed by atoms with Gasteiger partial charge < -0.3 is 73.4 Å². The molecule has 9 atom stereocenters. The van der Waals surface area contributed by atoms with Crippen LogP contribution in [-0.4, -0.2) is 166 Å². The molecule has 0 fully saturated rings. The van der Waals surface area contributed by atoms with Crippen LogP contribution in [0.5, 0.6) is 0 Å². The summed E-state index contributed by atoms with van der Waals surface area (Å²) < 4.78 is 0. The Labute approximate surface area is 469 Å². The molecule has 452 valence electrons. The lowest BCUT2D eigenvalue weighted by Crippen LogP contribution is -2.57. The number of aliphatic carboxylic acids is 2. The van der Waals surface area contributed by atoms with E-state index in [2.05, 4.69) is 42.5 Å². The molecule has 0 saturated heterocycles. The van der Waals surface area contributed by atoms with E-state index in [1.807, 2.05) is 13.8 Å². The molecule has 0 radical (unpaired) electrons. The van der Waals surface area contributed by atoms with Gasteiger partial charge in [-0.1, -0.05) is 99.6 Å². The molecule has 1 aromatic carbocycles. The predicted octanol–water partition coefficient (Wildman–Crippen LogP) is -0.364. The number of carboxylic acids is 2. The van der Waals surface area contributed by atoms with E-state index in [9.17, 15) is 63.3 Å². The molecule has 0 saturated carbocycles.